The van der Waals surface area contributed by atoms with E-state index in [2.05, 4.69) is 21.2 Å². The van der Waals surface area contributed by atoms with Crippen molar-refractivity contribution in [1.29, 1.82) is 0 Å². The maximum absolute atomic E-state index is 12.0. The molecule has 0 radical (unpaired) electrons. The summed E-state index contributed by atoms with van der Waals surface area (Å²) in [5.74, 6) is 0.538. The van der Waals surface area contributed by atoms with Gasteiger partial charge in [0.25, 0.3) is 0 Å². The molecule has 3 N–H and O–H groups in total. The lowest BCUT2D eigenvalue weighted by Crippen LogP contribution is -2.20. The van der Waals surface area contributed by atoms with Gasteiger partial charge in [0.2, 0.25) is 5.91 Å². The molecule has 0 fully saturated rings. The summed E-state index contributed by atoms with van der Waals surface area (Å²) in [6.45, 7) is 0. The van der Waals surface area contributed by atoms with Gasteiger partial charge >= 0.3 is 0 Å². The Morgan fingerprint density at radius 1 is 1.29 bits per heavy atom. The van der Waals surface area contributed by atoms with Gasteiger partial charge < -0.3 is 15.8 Å². The zero-order valence-electron chi connectivity index (χ0n) is 11.7. The second-order valence-electron chi connectivity index (χ2n) is 4.62. The third-order valence-electron chi connectivity index (χ3n) is 3.07. The van der Waals surface area contributed by atoms with E-state index in [4.69, 9.17) is 10.5 Å². The van der Waals surface area contributed by atoms with Gasteiger partial charge in [0.15, 0.2) is 0 Å². The van der Waals surface area contributed by atoms with Gasteiger partial charge in [0.1, 0.15) is 5.75 Å². The lowest BCUT2D eigenvalue weighted by molar-refractivity contribution is -0.116. The summed E-state index contributed by atoms with van der Waals surface area (Å²) in [5.41, 5.74) is 7.66. The van der Waals surface area contributed by atoms with Crippen LogP contribution >= 0.6 is 15.9 Å². The van der Waals surface area contributed by atoms with E-state index in [0.717, 1.165) is 10.0 Å². The van der Waals surface area contributed by atoms with Crippen molar-refractivity contribution >= 4 is 27.5 Å². The van der Waals surface area contributed by atoms with Crippen molar-refractivity contribution in [3.8, 4) is 5.75 Å². The van der Waals surface area contributed by atoms with Crippen LogP contribution in [-0.2, 0) is 4.79 Å². The minimum absolute atomic E-state index is 0.129. The lowest BCUT2D eigenvalue weighted by Gasteiger charge is -2.13. The van der Waals surface area contributed by atoms with Gasteiger partial charge in [-0.25, -0.2) is 0 Å². The molecule has 0 aromatic heterocycles. The van der Waals surface area contributed by atoms with Crippen LogP contribution in [0.5, 0.6) is 5.75 Å². The van der Waals surface area contributed by atoms with Gasteiger partial charge in [0.05, 0.1) is 11.6 Å². The van der Waals surface area contributed by atoms with E-state index in [1.54, 1.807) is 19.2 Å². The van der Waals surface area contributed by atoms with Gasteiger partial charge in [-0.1, -0.05) is 30.3 Å². The van der Waals surface area contributed by atoms with E-state index in [0.29, 0.717) is 11.4 Å². The van der Waals surface area contributed by atoms with E-state index >= 15 is 0 Å². The second kappa shape index (κ2) is 7.24. The smallest absolute Gasteiger partial charge is 0.226 e. The first-order chi connectivity index (χ1) is 10.1. The van der Waals surface area contributed by atoms with Crippen LogP contribution in [0, 0.1) is 0 Å². The fraction of sp³-hybridized carbons (Fsp3) is 0.188. The van der Waals surface area contributed by atoms with Gasteiger partial charge in [-0.2, -0.15) is 0 Å². The van der Waals surface area contributed by atoms with Crippen molar-refractivity contribution in [1.82, 2.24) is 0 Å². The predicted octanol–water partition coefficient (Wildman–Crippen LogP) is 3.49. The normalized spacial score (nSPS) is 11.8. The van der Waals surface area contributed by atoms with Crippen LogP contribution in [-0.4, -0.2) is 13.0 Å². The van der Waals surface area contributed by atoms with Crippen molar-refractivity contribution in [3.05, 3.63) is 58.6 Å². The maximum atomic E-state index is 12.0. The first kappa shape index (κ1) is 15.5. The molecular formula is C16H17BrN2O2. The van der Waals surface area contributed by atoms with Gasteiger partial charge in [-0.15, -0.1) is 0 Å². The van der Waals surface area contributed by atoms with E-state index < -0.39 is 0 Å². The summed E-state index contributed by atoms with van der Waals surface area (Å²) < 4.78 is 6.03. The number of ether oxygens (including phenoxy) is 1. The molecular weight excluding hydrogens is 332 g/mol. The number of anilines is 1. The number of hydrogen-bond acceptors (Lipinski definition) is 3. The molecule has 0 spiro atoms. The molecule has 4 nitrogen and oxygen atoms in total. The standard InChI is InChI=1S/C16H17BrN2O2/c1-21-15-9-12(7-8-13(15)17)19-16(20)10-14(18)11-5-3-2-4-6-11/h2-9,14H,10,18H2,1H3,(H,19,20). The highest BCUT2D eigenvalue weighted by atomic mass is 79.9. The SMILES string of the molecule is COc1cc(NC(=O)CC(N)c2ccccc2)ccc1Br. The quantitative estimate of drug-likeness (QED) is 0.869. The number of benzene rings is 2. The Morgan fingerprint density at radius 2 is 2.00 bits per heavy atom. The number of methoxy groups -OCH3 is 1. The van der Waals surface area contributed by atoms with Crippen LogP contribution in [0.4, 0.5) is 5.69 Å². The Bertz CT molecular complexity index is 617. The van der Waals surface area contributed by atoms with Gasteiger partial charge in [0, 0.05) is 24.2 Å². The average Bonchev–Trinajstić information content (AvgIpc) is 2.50. The fourth-order valence-electron chi connectivity index (χ4n) is 1.97. The molecule has 1 unspecified atom stereocenters. The third kappa shape index (κ3) is 4.31. The molecule has 0 bridgehead atoms. The predicted molar refractivity (Wildman–Crippen MR) is 87.3 cm³/mol. The second-order valence-corrected chi connectivity index (χ2v) is 5.47. The van der Waals surface area contributed by atoms with Crippen LogP contribution in [0.3, 0.4) is 0 Å². The van der Waals surface area contributed by atoms with Crippen LogP contribution in [0.25, 0.3) is 0 Å². The molecule has 0 aliphatic carbocycles. The van der Waals surface area contributed by atoms with Crippen LogP contribution in [0.2, 0.25) is 0 Å². The number of carbonyl (C=O) groups excluding carboxylic acids is 1. The summed E-state index contributed by atoms with van der Waals surface area (Å²) in [6, 6.07) is 14.6. The lowest BCUT2D eigenvalue weighted by atomic mass is 10.0. The number of rotatable bonds is 5. The number of nitrogens with two attached hydrogens (primary N) is 1. The molecule has 1 atom stereocenters. The zero-order valence-corrected chi connectivity index (χ0v) is 13.3. The molecule has 2 aromatic rings. The van der Waals surface area contributed by atoms with E-state index in [9.17, 15) is 4.79 Å². The zero-order chi connectivity index (χ0) is 15.2. The fourth-order valence-corrected chi connectivity index (χ4v) is 2.38. The number of halogens is 1. The molecule has 0 heterocycles. The third-order valence-corrected chi connectivity index (χ3v) is 3.72. The molecule has 21 heavy (non-hydrogen) atoms. The summed E-state index contributed by atoms with van der Waals surface area (Å²) in [7, 11) is 1.58. The first-order valence-electron chi connectivity index (χ1n) is 6.54. The van der Waals surface area contributed by atoms with Crippen molar-refractivity contribution in [2.45, 2.75) is 12.5 Å². The van der Waals surface area contributed by atoms with Crippen LogP contribution < -0.4 is 15.8 Å². The Hall–Kier alpha value is -1.85. The number of carbonyl (C=O) groups is 1. The Balaban J connectivity index is 1.99. The van der Waals surface area contributed by atoms with Crippen molar-refractivity contribution in [2.75, 3.05) is 12.4 Å². The summed E-state index contributed by atoms with van der Waals surface area (Å²) >= 11 is 3.37. The van der Waals surface area contributed by atoms with E-state index in [-0.39, 0.29) is 18.4 Å². The number of nitrogens with one attached hydrogen (secondary N) is 1. The Labute approximate surface area is 132 Å². The van der Waals surface area contributed by atoms with Crippen molar-refractivity contribution in [2.24, 2.45) is 5.73 Å². The minimum atomic E-state index is -0.316. The topological polar surface area (TPSA) is 64.3 Å². The Kier molecular flexibility index (Phi) is 5.36. The molecule has 0 saturated heterocycles. The monoisotopic (exact) mass is 348 g/mol. The molecule has 0 saturated carbocycles. The molecule has 1 amide bonds. The Morgan fingerprint density at radius 3 is 2.67 bits per heavy atom. The highest BCUT2D eigenvalue weighted by Crippen LogP contribution is 2.28. The molecule has 2 aromatic carbocycles. The maximum Gasteiger partial charge on any atom is 0.226 e. The molecule has 0 aliphatic heterocycles. The highest BCUT2D eigenvalue weighted by molar-refractivity contribution is 9.10. The van der Waals surface area contributed by atoms with E-state index in [1.807, 2.05) is 36.4 Å². The average molecular weight is 349 g/mol. The summed E-state index contributed by atoms with van der Waals surface area (Å²) in [5, 5.41) is 2.82. The largest absolute Gasteiger partial charge is 0.495 e. The van der Waals surface area contributed by atoms with Crippen LogP contribution in [0.15, 0.2) is 53.0 Å². The van der Waals surface area contributed by atoms with Crippen molar-refractivity contribution < 1.29 is 9.53 Å². The highest BCUT2D eigenvalue weighted by Gasteiger charge is 2.12. The number of hydrogen-bond donors (Lipinski definition) is 2. The molecule has 2 rings (SSSR count). The van der Waals surface area contributed by atoms with Gasteiger partial charge in [-0.3, -0.25) is 4.79 Å². The number of amides is 1. The molecule has 110 valence electrons. The molecule has 5 heteroatoms. The summed E-state index contributed by atoms with van der Waals surface area (Å²) in [6.07, 6.45) is 0.225. The van der Waals surface area contributed by atoms with E-state index in [1.165, 1.54) is 0 Å². The molecule has 0 aliphatic rings. The van der Waals surface area contributed by atoms with Crippen molar-refractivity contribution in [3.63, 3.8) is 0 Å². The summed E-state index contributed by atoms with van der Waals surface area (Å²) in [4.78, 5) is 12.0. The van der Waals surface area contributed by atoms with Gasteiger partial charge in [-0.05, 0) is 33.6 Å². The first-order valence-corrected chi connectivity index (χ1v) is 7.33. The van der Waals surface area contributed by atoms with Crippen LogP contribution in [0.1, 0.15) is 18.0 Å². The minimum Gasteiger partial charge on any atom is -0.495 e.